The van der Waals surface area contributed by atoms with Gasteiger partial charge in [0.05, 0.1) is 19.3 Å². The van der Waals surface area contributed by atoms with Crippen molar-refractivity contribution in [1.82, 2.24) is 0 Å². The predicted molar refractivity (Wildman–Crippen MR) is 190 cm³/mol. The zero-order valence-corrected chi connectivity index (χ0v) is 32.6. The highest BCUT2D eigenvalue weighted by Gasteiger charge is 2.64. The van der Waals surface area contributed by atoms with Gasteiger partial charge < -0.3 is 54.3 Å². The topological polar surface area (TPSA) is 219 Å². The summed E-state index contributed by atoms with van der Waals surface area (Å²) >= 11 is 0. The number of rotatable bonds is 10. The summed E-state index contributed by atoms with van der Waals surface area (Å²) in [6.45, 7) is 11.9. The summed E-state index contributed by atoms with van der Waals surface area (Å²) in [4.78, 5) is 39.6. The zero-order chi connectivity index (χ0) is 39.6. The van der Waals surface area contributed by atoms with E-state index in [1.54, 1.807) is 0 Å². The standard InChI is InChI=1S/C40H62O14/c1-17(2)14-21(41)15-18(3)25-28(43)29(44)26-23-9-8-20-16-22(10-12-39(20,5)24(23)11-13-40(25,26)6)52-38-33(48)31(46)34(35(54-38)36(49)50-7)53-37-32(47)30(45)27(42)19(4)51-37/h17-20,22-24,26-27,30-35,37-38,42-43,45-48H,8-16H2,1-7H3. The molecule has 2 saturated heterocycles. The molecule has 2 heterocycles. The molecule has 14 heteroatoms. The van der Waals surface area contributed by atoms with Crippen LogP contribution in [0.5, 0.6) is 0 Å². The Morgan fingerprint density at radius 2 is 1.52 bits per heavy atom. The molecule has 6 N–H and O–H groups in total. The maximum absolute atomic E-state index is 13.9. The average molecular weight is 767 g/mol. The molecular formula is C40H62O14. The van der Waals surface area contributed by atoms with Crippen LogP contribution in [0.1, 0.15) is 99.3 Å². The van der Waals surface area contributed by atoms with Crippen molar-refractivity contribution >= 4 is 17.5 Å². The molecule has 0 aromatic heterocycles. The second-order valence-electron chi connectivity index (χ2n) is 18.1. The third-order valence-electron chi connectivity index (χ3n) is 14.2. The van der Waals surface area contributed by atoms with E-state index < -0.39 is 72.8 Å². The number of carbonyl (C=O) groups excluding carboxylic acids is 3. The lowest BCUT2D eigenvalue weighted by Gasteiger charge is -2.60. The monoisotopic (exact) mass is 766 g/mol. The van der Waals surface area contributed by atoms with Crippen molar-refractivity contribution in [3.63, 3.8) is 0 Å². The van der Waals surface area contributed by atoms with Gasteiger partial charge in [0.15, 0.2) is 24.4 Å². The SMILES string of the molecule is COC(=O)C1OC(OC2CCC3(C)C(CCC4C5C(=O)C(O)=C(C(C)CC(=O)CC(C)C)C5(C)CCC43)C2)C(O)C(O)C1OC1OC(C)C(O)C(O)C1O. The fraction of sp³-hybridized carbons (Fsp3) is 0.875. The molecule has 0 aromatic rings. The number of methoxy groups -OCH3 is 1. The van der Waals surface area contributed by atoms with E-state index in [4.69, 9.17) is 23.7 Å². The number of hydrogen-bond acceptors (Lipinski definition) is 14. The van der Waals surface area contributed by atoms with Crippen LogP contribution in [0.4, 0.5) is 0 Å². The van der Waals surface area contributed by atoms with Crippen molar-refractivity contribution in [3.05, 3.63) is 11.3 Å². The number of carbonyl (C=O) groups is 3. The molecule has 0 aromatic carbocycles. The van der Waals surface area contributed by atoms with Gasteiger partial charge in [-0.3, -0.25) is 9.59 Å². The number of aliphatic hydroxyl groups is 6. The molecule has 306 valence electrons. The fourth-order valence-corrected chi connectivity index (χ4v) is 11.5. The first-order chi connectivity index (χ1) is 25.3. The van der Waals surface area contributed by atoms with Crippen molar-refractivity contribution in [2.75, 3.05) is 7.11 Å². The maximum Gasteiger partial charge on any atom is 0.337 e. The van der Waals surface area contributed by atoms with E-state index in [1.807, 2.05) is 20.8 Å². The lowest BCUT2D eigenvalue weighted by molar-refractivity contribution is -0.356. The molecule has 54 heavy (non-hydrogen) atoms. The zero-order valence-electron chi connectivity index (χ0n) is 32.6. The molecule has 0 bridgehead atoms. The van der Waals surface area contributed by atoms with E-state index in [0.717, 1.165) is 44.8 Å². The molecule has 0 radical (unpaired) electrons. The molecule has 0 spiro atoms. The van der Waals surface area contributed by atoms with E-state index >= 15 is 0 Å². The Morgan fingerprint density at radius 3 is 2.19 bits per heavy atom. The molecule has 6 rings (SSSR count). The number of allylic oxidation sites excluding steroid dienone is 2. The predicted octanol–water partition coefficient (Wildman–Crippen LogP) is 2.49. The van der Waals surface area contributed by atoms with Gasteiger partial charge in [-0.25, -0.2) is 4.79 Å². The first kappa shape index (κ1) is 41.6. The number of hydrogen-bond donors (Lipinski definition) is 6. The van der Waals surface area contributed by atoms with E-state index in [9.17, 15) is 45.0 Å². The van der Waals surface area contributed by atoms with Crippen molar-refractivity contribution in [2.45, 2.75) is 167 Å². The number of ketones is 2. The van der Waals surface area contributed by atoms with Gasteiger partial charge in [-0.2, -0.15) is 0 Å². The van der Waals surface area contributed by atoms with Gasteiger partial charge in [-0.15, -0.1) is 0 Å². The minimum atomic E-state index is -1.74. The molecule has 18 unspecified atom stereocenters. The van der Waals surface area contributed by atoms with Gasteiger partial charge >= 0.3 is 5.97 Å². The summed E-state index contributed by atoms with van der Waals surface area (Å²) in [5, 5.41) is 64.5. The summed E-state index contributed by atoms with van der Waals surface area (Å²) in [7, 11) is 1.13. The Labute approximate surface area is 317 Å². The van der Waals surface area contributed by atoms with Gasteiger partial charge in [0.1, 0.15) is 42.4 Å². The Kier molecular flexibility index (Phi) is 12.1. The highest BCUT2D eigenvalue weighted by atomic mass is 16.7. The highest BCUT2D eigenvalue weighted by Crippen LogP contribution is 2.67. The van der Waals surface area contributed by atoms with Crippen molar-refractivity contribution in [2.24, 2.45) is 46.3 Å². The summed E-state index contributed by atoms with van der Waals surface area (Å²) < 4.78 is 28.4. The molecule has 6 aliphatic rings. The van der Waals surface area contributed by atoms with E-state index in [1.165, 1.54) is 6.92 Å². The van der Waals surface area contributed by atoms with Crippen LogP contribution in [-0.4, -0.2) is 123 Å². The van der Waals surface area contributed by atoms with Gasteiger partial charge in [-0.05, 0) is 92.4 Å². The van der Waals surface area contributed by atoms with Gasteiger partial charge in [-0.1, -0.05) is 34.6 Å². The molecule has 5 fully saturated rings. The quantitative estimate of drug-likeness (QED) is 0.139. The first-order valence-electron chi connectivity index (χ1n) is 19.9. The van der Waals surface area contributed by atoms with Gasteiger partial charge in [0.25, 0.3) is 0 Å². The smallest absolute Gasteiger partial charge is 0.337 e. The average Bonchev–Trinajstić information content (AvgIpc) is 3.32. The van der Waals surface area contributed by atoms with Crippen LogP contribution < -0.4 is 0 Å². The van der Waals surface area contributed by atoms with Crippen LogP contribution in [-0.2, 0) is 38.1 Å². The van der Waals surface area contributed by atoms with Crippen molar-refractivity contribution < 1.29 is 68.7 Å². The van der Waals surface area contributed by atoms with Crippen molar-refractivity contribution in [1.29, 1.82) is 0 Å². The number of esters is 1. The lowest BCUT2D eigenvalue weighted by atomic mass is 9.44. The molecule has 2 aliphatic heterocycles. The fourth-order valence-electron chi connectivity index (χ4n) is 11.5. The highest BCUT2D eigenvalue weighted by molar-refractivity contribution is 6.00. The van der Waals surface area contributed by atoms with Crippen LogP contribution in [0.3, 0.4) is 0 Å². The number of Topliss-reactive ketones (excluding diaryl/α,β-unsaturated/α-hetero) is 2. The minimum Gasteiger partial charge on any atom is -0.504 e. The molecule has 14 nitrogen and oxygen atoms in total. The minimum absolute atomic E-state index is 0.100. The normalized spacial score (nSPS) is 47.1. The van der Waals surface area contributed by atoms with Gasteiger partial charge in [0, 0.05) is 24.2 Å². The second-order valence-corrected chi connectivity index (χ2v) is 18.1. The number of aliphatic hydroxyl groups excluding tert-OH is 6. The van der Waals surface area contributed by atoms with Crippen LogP contribution in [0.25, 0.3) is 0 Å². The summed E-state index contributed by atoms with van der Waals surface area (Å²) in [5.41, 5.74) is 0.171. The molecule has 18 atom stereocenters. The number of ether oxygens (including phenoxy) is 5. The van der Waals surface area contributed by atoms with Crippen LogP contribution >= 0.6 is 0 Å². The molecule has 0 amide bonds. The van der Waals surface area contributed by atoms with Crippen LogP contribution in [0.15, 0.2) is 11.3 Å². The summed E-state index contributed by atoms with van der Waals surface area (Å²) in [6.07, 6.45) is -9.41. The third kappa shape index (κ3) is 7.21. The maximum atomic E-state index is 13.9. The Balaban J connectivity index is 1.11. The molecule has 4 aliphatic carbocycles. The van der Waals surface area contributed by atoms with E-state index in [2.05, 4.69) is 13.8 Å². The Bertz CT molecular complexity index is 1450. The number of fused-ring (bicyclic) bond motifs is 5. The summed E-state index contributed by atoms with van der Waals surface area (Å²) in [5.74, 6) is -0.767. The lowest BCUT2D eigenvalue weighted by Crippen LogP contribution is -2.65. The van der Waals surface area contributed by atoms with Crippen molar-refractivity contribution in [3.8, 4) is 0 Å². The molecule has 3 saturated carbocycles. The van der Waals surface area contributed by atoms with E-state index in [0.29, 0.717) is 25.7 Å². The second kappa shape index (κ2) is 15.7. The van der Waals surface area contributed by atoms with Crippen LogP contribution in [0.2, 0.25) is 0 Å². The Hall–Kier alpha value is -2.01. The van der Waals surface area contributed by atoms with Crippen LogP contribution in [0, 0.1) is 46.3 Å². The van der Waals surface area contributed by atoms with Gasteiger partial charge in [0.2, 0.25) is 5.78 Å². The third-order valence-corrected chi connectivity index (χ3v) is 14.2. The van der Waals surface area contributed by atoms with E-state index in [-0.39, 0.29) is 64.4 Å². The first-order valence-corrected chi connectivity index (χ1v) is 19.9. The summed E-state index contributed by atoms with van der Waals surface area (Å²) in [6, 6.07) is 0. The molecular weight excluding hydrogens is 704 g/mol. The Morgan fingerprint density at radius 1 is 0.852 bits per heavy atom. The largest absolute Gasteiger partial charge is 0.504 e.